The minimum atomic E-state index is -0.397. The lowest BCUT2D eigenvalue weighted by molar-refractivity contribution is -0.166. The second-order valence-corrected chi connectivity index (χ2v) is 4.68. The molecule has 0 saturated heterocycles. The molecule has 0 bridgehead atoms. The Morgan fingerprint density at radius 2 is 1.32 bits per heavy atom. The maximum Gasteiger partial charge on any atom is 0.316 e. The summed E-state index contributed by atoms with van der Waals surface area (Å²) in [5, 5.41) is 0. The van der Waals surface area contributed by atoms with Crippen LogP contribution in [-0.4, -0.2) is 11.9 Å². The lowest BCUT2D eigenvalue weighted by atomic mass is 9.99. The average Bonchev–Trinajstić information content (AvgIpc) is 2.40. The molecule has 0 radical (unpaired) electrons. The van der Waals surface area contributed by atoms with Crippen LogP contribution >= 0.6 is 0 Å². The smallest absolute Gasteiger partial charge is 0.316 e. The molecule has 0 aromatic heterocycles. The van der Waals surface area contributed by atoms with Crippen LogP contribution in [0, 0.1) is 11.8 Å². The molecule has 2 atom stereocenters. The molecule has 0 rings (SSSR count). The van der Waals surface area contributed by atoms with Gasteiger partial charge in [0.05, 0.1) is 11.8 Å². The summed E-state index contributed by atoms with van der Waals surface area (Å²) in [6.45, 7) is 11.1. The zero-order valence-electron chi connectivity index (χ0n) is 12.2. The summed E-state index contributed by atoms with van der Waals surface area (Å²) in [6.07, 6.45) is 7.82. The highest BCUT2D eigenvalue weighted by Gasteiger charge is 2.24. The molecule has 0 spiro atoms. The topological polar surface area (TPSA) is 43.4 Å². The van der Waals surface area contributed by atoms with Gasteiger partial charge in [-0.1, -0.05) is 26.0 Å². The van der Waals surface area contributed by atoms with Crippen LogP contribution in [0.3, 0.4) is 0 Å². The summed E-state index contributed by atoms with van der Waals surface area (Å²) in [6, 6.07) is 0. The van der Waals surface area contributed by atoms with E-state index in [1.54, 1.807) is 12.2 Å². The Morgan fingerprint density at radius 1 is 0.947 bits per heavy atom. The number of hydrogen-bond acceptors (Lipinski definition) is 3. The van der Waals surface area contributed by atoms with Crippen LogP contribution in [-0.2, 0) is 14.3 Å². The molecule has 3 heteroatoms. The van der Waals surface area contributed by atoms with Crippen LogP contribution in [0.1, 0.15) is 52.4 Å². The van der Waals surface area contributed by atoms with Crippen molar-refractivity contribution in [3.63, 3.8) is 0 Å². The van der Waals surface area contributed by atoms with Crippen LogP contribution in [0.15, 0.2) is 25.3 Å². The predicted octanol–water partition coefficient (Wildman–Crippen LogP) is 4.04. The first-order chi connectivity index (χ1) is 9.10. The second kappa shape index (κ2) is 10.5. The van der Waals surface area contributed by atoms with Crippen molar-refractivity contribution >= 4 is 11.9 Å². The van der Waals surface area contributed by atoms with Crippen molar-refractivity contribution in [3.8, 4) is 0 Å². The second-order valence-electron chi connectivity index (χ2n) is 4.68. The lowest BCUT2D eigenvalue weighted by Crippen LogP contribution is -2.25. The third-order valence-electron chi connectivity index (χ3n) is 3.29. The maximum atomic E-state index is 11.9. The quantitative estimate of drug-likeness (QED) is 0.340. The monoisotopic (exact) mass is 266 g/mol. The molecule has 19 heavy (non-hydrogen) atoms. The van der Waals surface area contributed by atoms with E-state index in [0.29, 0.717) is 25.7 Å². The molecule has 0 heterocycles. The molecular weight excluding hydrogens is 240 g/mol. The fourth-order valence-electron chi connectivity index (χ4n) is 1.88. The number of carbonyl (C=O) groups excluding carboxylic acids is 2. The number of rotatable bonds is 10. The average molecular weight is 266 g/mol. The van der Waals surface area contributed by atoms with Gasteiger partial charge in [-0.15, -0.1) is 13.2 Å². The largest absolute Gasteiger partial charge is 0.393 e. The maximum absolute atomic E-state index is 11.9. The Bertz CT molecular complexity index is 277. The van der Waals surface area contributed by atoms with Gasteiger partial charge < -0.3 is 4.74 Å². The molecule has 0 N–H and O–H groups in total. The Hall–Kier alpha value is -1.38. The third-order valence-corrected chi connectivity index (χ3v) is 3.29. The summed E-state index contributed by atoms with van der Waals surface area (Å²) in [4.78, 5) is 23.8. The summed E-state index contributed by atoms with van der Waals surface area (Å²) >= 11 is 0. The predicted molar refractivity (Wildman–Crippen MR) is 77.5 cm³/mol. The fraction of sp³-hybridized carbons (Fsp3) is 0.625. The minimum Gasteiger partial charge on any atom is -0.393 e. The van der Waals surface area contributed by atoms with Crippen LogP contribution in [0.2, 0.25) is 0 Å². The first-order valence-corrected chi connectivity index (χ1v) is 7.07. The standard InChI is InChI=1S/C16H26O3/c1-5-9-11-13(7-3)15(17)19-16(18)14(8-4)12-10-6-2/h5-6,13-14H,1-2,7-12H2,3-4H3. The molecule has 3 nitrogen and oxygen atoms in total. The van der Waals surface area contributed by atoms with E-state index in [0.717, 1.165) is 12.8 Å². The van der Waals surface area contributed by atoms with E-state index >= 15 is 0 Å². The van der Waals surface area contributed by atoms with Gasteiger partial charge in [0.1, 0.15) is 0 Å². The Morgan fingerprint density at radius 3 is 1.58 bits per heavy atom. The molecule has 108 valence electrons. The Labute approximate surface area is 116 Å². The van der Waals surface area contributed by atoms with Crippen molar-refractivity contribution in [2.75, 3.05) is 0 Å². The SMILES string of the molecule is C=CCCC(CC)C(=O)OC(=O)C(CC)CCC=C. The van der Waals surface area contributed by atoms with E-state index in [-0.39, 0.29) is 11.8 Å². The highest BCUT2D eigenvalue weighted by atomic mass is 16.6. The normalized spacial score (nSPS) is 13.4. The van der Waals surface area contributed by atoms with Gasteiger partial charge in [-0.3, -0.25) is 9.59 Å². The van der Waals surface area contributed by atoms with Crippen molar-refractivity contribution in [2.24, 2.45) is 11.8 Å². The number of allylic oxidation sites excluding steroid dienone is 2. The molecule has 0 aliphatic rings. The molecule has 2 unspecified atom stereocenters. The molecular formula is C16H26O3. The van der Waals surface area contributed by atoms with Gasteiger partial charge in [0.2, 0.25) is 0 Å². The molecule has 0 amide bonds. The highest BCUT2D eigenvalue weighted by molar-refractivity contribution is 5.87. The van der Waals surface area contributed by atoms with Crippen LogP contribution in [0.4, 0.5) is 0 Å². The van der Waals surface area contributed by atoms with Crippen LogP contribution in [0.25, 0.3) is 0 Å². The summed E-state index contributed by atoms with van der Waals surface area (Å²) in [5.74, 6) is -1.21. The highest BCUT2D eigenvalue weighted by Crippen LogP contribution is 2.17. The fourth-order valence-corrected chi connectivity index (χ4v) is 1.88. The Balaban J connectivity index is 4.37. The van der Waals surface area contributed by atoms with Crippen molar-refractivity contribution in [1.82, 2.24) is 0 Å². The first kappa shape index (κ1) is 17.6. The summed E-state index contributed by atoms with van der Waals surface area (Å²) < 4.78 is 5.00. The van der Waals surface area contributed by atoms with Gasteiger partial charge in [-0.25, -0.2) is 0 Å². The molecule has 0 aliphatic heterocycles. The number of esters is 2. The van der Waals surface area contributed by atoms with E-state index < -0.39 is 11.9 Å². The van der Waals surface area contributed by atoms with Crippen LogP contribution < -0.4 is 0 Å². The van der Waals surface area contributed by atoms with E-state index in [1.807, 2.05) is 13.8 Å². The first-order valence-electron chi connectivity index (χ1n) is 7.07. The molecule has 0 aromatic rings. The van der Waals surface area contributed by atoms with Gasteiger partial charge in [0.15, 0.2) is 0 Å². The van der Waals surface area contributed by atoms with Gasteiger partial charge in [-0.05, 0) is 38.5 Å². The lowest BCUT2D eigenvalue weighted by Gasteiger charge is -2.16. The van der Waals surface area contributed by atoms with Crippen molar-refractivity contribution in [2.45, 2.75) is 52.4 Å². The molecule has 0 saturated carbocycles. The zero-order valence-corrected chi connectivity index (χ0v) is 12.2. The zero-order chi connectivity index (χ0) is 14.7. The summed E-state index contributed by atoms with van der Waals surface area (Å²) in [7, 11) is 0. The van der Waals surface area contributed by atoms with Gasteiger partial charge >= 0.3 is 11.9 Å². The van der Waals surface area contributed by atoms with E-state index in [9.17, 15) is 9.59 Å². The molecule has 0 fully saturated rings. The number of carbonyl (C=O) groups is 2. The van der Waals surface area contributed by atoms with Gasteiger partial charge in [-0.2, -0.15) is 0 Å². The van der Waals surface area contributed by atoms with Crippen LogP contribution in [0.5, 0.6) is 0 Å². The number of hydrogen-bond donors (Lipinski definition) is 0. The van der Waals surface area contributed by atoms with Crippen molar-refractivity contribution in [1.29, 1.82) is 0 Å². The molecule has 0 aliphatic carbocycles. The van der Waals surface area contributed by atoms with Crippen molar-refractivity contribution in [3.05, 3.63) is 25.3 Å². The Kier molecular flexibility index (Phi) is 9.77. The van der Waals surface area contributed by atoms with E-state index in [1.165, 1.54) is 0 Å². The molecule has 0 aromatic carbocycles. The van der Waals surface area contributed by atoms with Crippen molar-refractivity contribution < 1.29 is 14.3 Å². The number of ether oxygens (including phenoxy) is 1. The van der Waals surface area contributed by atoms with Gasteiger partial charge in [0.25, 0.3) is 0 Å². The third kappa shape index (κ3) is 6.94. The van der Waals surface area contributed by atoms with Gasteiger partial charge in [0, 0.05) is 0 Å². The van der Waals surface area contributed by atoms with E-state index in [4.69, 9.17) is 4.74 Å². The summed E-state index contributed by atoms with van der Waals surface area (Å²) in [5.41, 5.74) is 0. The minimum absolute atomic E-state index is 0.209. The van der Waals surface area contributed by atoms with E-state index in [2.05, 4.69) is 13.2 Å².